The lowest BCUT2D eigenvalue weighted by Gasteiger charge is -2.22. The third-order valence-electron chi connectivity index (χ3n) is 4.48. The van der Waals surface area contributed by atoms with E-state index in [4.69, 9.17) is 11.6 Å². The van der Waals surface area contributed by atoms with E-state index in [2.05, 4.69) is 56.8 Å². The maximum absolute atomic E-state index is 6.34. The van der Waals surface area contributed by atoms with E-state index in [0.717, 1.165) is 40.9 Å². The summed E-state index contributed by atoms with van der Waals surface area (Å²) >= 11 is 9.88. The van der Waals surface area contributed by atoms with Gasteiger partial charge in [-0.25, -0.2) is 0 Å². The van der Waals surface area contributed by atoms with E-state index in [-0.39, 0.29) is 0 Å². The topological polar surface area (TPSA) is 19.4 Å². The summed E-state index contributed by atoms with van der Waals surface area (Å²) in [6, 6.07) is 6.13. The summed E-state index contributed by atoms with van der Waals surface area (Å²) in [6.07, 6.45) is 3.11. The molecule has 1 saturated heterocycles. The van der Waals surface area contributed by atoms with Gasteiger partial charge in [0.1, 0.15) is 0 Å². The molecule has 1 aliphatic rings. The molecule has 1 aromatic heterocycles. The fourth-order valence-electron chi connectivity index (χ4n) is 3.21. The first-order valence-corrected chi connectivity index (χ1v) is 8.93. The lowest BCUT2D eigenvalue weighted by molar-refractivity contribution is 0.300. The second kappa shape index (κ2) is 6.73. The standard InChI is InChI=1S/C17H21BrClN3/c1-3-21(2)10-12-5-7-22(11-12)16-4-6-20-17-14(16)8-13(18)9-15(17)19/h4,6,8-9,12H,3,5,7,10-11H2,1-2H3. The van der Waals surface area contributed by atoms with Gasteiger partial charge in [-0.3, -0.25) is 4.98 Å². The first kappa shape index (κ1) is 16.0. The highest BCUT2D eigenvalue weighted by Crippen LogP contribution is 2.35. The molecule has 0 radical (unpaired) electrons. The van der Waals surface area contributed by atoms with Gasteiger partial charge in [0.05, 0.1) is 10.5 Å². The molecule has 0 aliphatic carbocycles. The van der Waals surface area contributed by atoms with Crippen LogP contribution in [0.3, 0.4) is 0 Å². The van der Waals surface area contributed by atoms with Crippen LogP contribution in [0.25, 0.3) is 10.9 Å². The minimum atomic E-state index is 0.702. The van der Waals surface area contributed by atoms with Crippen molar-refractivity contribution >= 4 is 44.1 Å². The van der Waals surface area contributed by atoms with Gasteiger partial charge in [-0.2, -0.15) is 0 Å². The molecule has 22 heavy (non-hydrogen) atoms. The lowest BCUT2D eigenvalue weighted by atomic mass is 10.1. The number of rotatable bonds is 4. The Morgan fingerprint density at radius 3 is 3.05 bits per heavy atom. The Bertz CT molecular complexity index is 676. The molecule has 1 aromatic carbocycles. The van der Waals surface area contributed by atoms with E-state index < -0.39 is 0 Å². The first-order chi connectivity index (χ1) is 10.6. The zero-order chi connectivity index (χ0) is 15.7. The second-order valence-corrected chi connectivity index (χ2v) is 7.39. The largest absolute Gasteiger partial charge is 0.371 e. The number of nitrogens with zero attached hydrogens (tertiary/aromatic N) is 3. The smallest absolute Gasteiger partial charge is 0.0909 e. The number of hydrogen-bond acceptors (Lipinski definition) is 3. The molecule has 2 aromatic rings. The van der Waals surface area contributed by atoms with Gasteiger partial charge in [-0.1, -0.05) is 34.5 Å². The van der Waals surface area contributed by atoms with Gasteiger partial charge >= 0.3 is 0 Å². The first-order valence-electron chi connectivity index (χ1n) is 7.75. The quantitative estimate of drug-likeness (QED) is 0.780. The molecule has 0 bridgehead atoms. The number of halogens is 2. The van der Waals surface area contributed by atoms with Gasteiger partial charge in [-0.15, -0.1) is 0 Å². The molecule has 118 valence electrons. The molecule has 0 saturated carbocycles. The third kappa shape index (κ3) is 3.24. The monoisotopic (exact) mass is 381 g/mol. The third-order valence-corrected chi connectivity index (χ3v) is 5.22. The van der Waals surface area contributed by atoms with Crippen LogP contribution in [0.2, 0.25) is 5.02 Å². The van der Waals surface area contributed by atoms with Crippen molar-refractivity contribution in [3.8, 4) is 0 Å². The summed E-state index contributed by atoms with van der Waals surface area (Å²) in [5.74, 6) is 0.732. The highest BCUT2D eigenvalue weighted by molar-refractivity contribution is 9.10. The number of fused-ring (bicyclic) bond motifs is 1. The zero-order valence-electron chi connectivity index (χ0n) is 13.0. The van der Waals surface area contributed by atoms with E-state index >= 15 is 0 Å². The van der Waals surface area contributed by atoms with Crippen LogP contribution >= 0.6 is 27.5 Å². The Kier molecular flexibility index (Phi) is 4.91. The van der Waals surface area contributed by atoms with Crippen molar-refractivity contribution in [1.82, 2.24) is 9.88 Å². The number of anilines is 1. The predicted octanol–water partition coefficient (Wildman–Crippen LogP) is 4.43. The van der Waals surface area contributed by atoms with E-state index in [9.17, 15) is 0 Å². The van der Waals surface area contributed by atoms with Crippen LogP contribution in [-0.4, -0.2) is 43.1 Å². The minimum absolute atomic E-state index is 0.702. The number of benzene rings is 1. The molecular formula is C17H21BrClN3. The van der Waals surface area contributed by atoms with Gasteiger partial charge in [0.2, 0.25) is 0 Å². The Balaban J connectivity index is 1.88. The summed E-state index contributed by atoms with van der Waals surface area (Å²) in [5.41, 5.74) is 2.13. The van der Waals surface area contributed by atoms with Gasteiger partial charge in [0.15, 0.2) is 0 Å². The number of aromatic nitrogens is 1. The molecule has 0 spiro atoms. The highest BCUT2D eigenvalue weighted by atomic mass is 79.9. The molecule has 0 amide bonds. The van der Waals surface area contributed by atoms with E-state index in [1.165, 1.54) is 18.7 Å². The van der Waals surface area contributed by atoms with Crippen LogP contribution in [0.4, 0.5) is 5.69 Å². The Morgan fingerprint density at radius 1 is 1.45 bits per heavy atom. The van der Waals surface area contributed by atoms with Crippen molar-refractivity contribution < 1.29 is 0 Å². The maximum Gasteiger partial charge on any atom is 0.0909 e. The Morgan fingerprint density at radius 2 is 2.27 bits per heavy atom. The average Bonchev–Trinajstić information content (AvgIpc) is 2.94. The van der Waals surface area contributed by atoms with Crippen LogP contribution in [0, 0.1) is 5.92 Å². The number of pyridine rings is 1. The summed E-state index contributed by atoms with van der Waals surface area (Å²) in [5, 5.41) is 1.83. The van der Waals surface area contributed by atoms with Crippen LogP contribution in [0.15, 0.2) is 28.9 Å². The minimum Gasteiger partial charge on any atom is -0.371 e. The molecule has 3 rings (SSSR count). The Hall–Kier alpha value is -0.840. The molecule has 1 fully saturated rings. The highest BCUT2D eigenvalue weighted by Gasteiger charge is 2.25. The van der Waals surface area contributed by atoms with E-state index in [1.54, 1.807) is 0 Å². The van der Waals surface area contributed by atoms with Crippen LogP contribution in [0.1, 0.15) is 13.3 Å². The SMILES string of the molecule is CCN(C)CC1CCN(c2ccnc3c(Cl)cc(Br)cc23)C1. The van der Waals surface area contributed by atoms with Crippen LogP contribution in [-0.2, 0) is 0 Å². The van der Waals surface area contributed by atoms with Crippen LogP contribution < -0.4 is 4.90 Å². The molecule has 1 aliphatic heterocycles. The summed E-state index contributed by atoms with van der Waals surface area (Å²) in [4.78, 5) is 9.32. The average molecular weight is 383 g/mol. The molecule has 0 N–H and O–H groups in total. The molecule has 1 unspecified atom stereocenters. The summed E-state index contributed by atoms with van der Waals surface area (Å²) < 4.78 is 1.00. The lowest BCUT2D eigenvalue weighted by Crippen LogP contribution is -2.28. The maximum atomic E-state index is 6.34. The molecule has 2 heterocycles. The van der Waals surface area contributed by atoms with Gasteiger partial charge in [-0.05, 0) is 44.1 Å². The van der Waals surface area contributed by atoms with Crippen molar-refractivity contribution in [2.24, 2.45) is 5.92 Å². The van der Waals surface area contributed by atoms with Crippen LogP contribution in [0.5, 0.6) is 0 Å². The normalized spacial score (nSPS) is 18.6. The molecular weight excluding hydrogens is 362 g/mol. The van der Waals surface area contributed by atoms with E-state index in [1.807, 2.05) is 12.3 Å². The molecule has 3 nitrogen and oxygen atoms in total. The number of hydrogen-bond donors (Lipinski definition) is 0. The molecule has 1 atom stereocenters. The van der Waals surface area contributed by atoms with Crippen molar-refractivity contribution in [2.45, 2.75) is 13.3 Å². The fraction of sp³-hybridized carbons (Fsp3) is 0.471. The van der Waals surface area contributed by atoms with Gasteiger partial charge < -0.3 is 9.80 Å². The summed E-state index contributed by atoms with van der Waals surface area (Å²) in [6.45, 7) is 6.69. The molecule has 5 heteroatoms. The van der Waals surface area contributed by atoms with E-state index in [0.29, 0.717) is 5.02 Å². The predicted molar refractivity (Wildman–Crippen MR) is 97.9 cm³/mol. The van der Waals surface area contributed by atoms with Crippen molar-refractivity contribution in [2.75, 3.05) is 38.1 Å². The van der Waals surface area contributed by atoms with Gasteiger partial charge in [0.25, 0.3) is 0 Å². The van der Waals surface area contributed by atoms with Crippen molar-refractivity contribution in [3.05, 3.63) is 33.9 Å². The zero-order valence-corrected chi connectivity index (χ0v) is 15.4. The van der Waals surface area contributed by atoms with Crippen molar-refractivity contribution in [1.29, 1.82) is 0 Å². The fourth-order valence-corrected chi connectivity index (χ4v) is 4.07. The second-order valence-electron chi connectivity index (χ2n) is 6.07. The Labute approximate surface area is 145 Å². The van der Waals surface area contributed by atoms with Crippen molar-refractivity contribution in [3.63, 3.8) is 0 Å². The van der Waals surface area contributed by atoms with Gasteiger partial charge in [0, 0.05) is 41.4 Å². The summed E-state index contributed by atoms with van der Waals surface area (Å²) in [7, 11) is 2.20.